The first-order chi connectivity index (χ1) is 13.7. The number of carbonyl (C=O) groups excluding carboxylic acids is 1. The van der Waals surface area contributed by atoms with Crippen LogP contribution in [0.15, 0.2) is 35.6 Å². The lowest BCUT2D eigenvalue weighted by molar-refractivity contribution is 0.0955. The molecule has 0 aliphatic rings. The van der Waals surface area contributed by atoms with Gasteiger partial charge >= 0.3 is 0 Å². The maximum absolute atomic E-state index is 12.1. The molecule has 0 radical (unpaired) electrons. The van der Waals surface area contributed by atoms with E-state index in [2.05, 4.69) is 38.1 Å². The molecule has 160 valence electrons. The van der Waals surface area contributed by atoms with E-state index >= 15 is 0 Å². The Morgan fingerprint density at radius 1 is 1.14 bits per heavy atom. The van der Waals surface area contributed by atoms with Crippen LogP contribution in [0.1, 0.15) is 30.0 Å². The Morgan fingerprint density at radius 3 is 2.55 bits per heavy atom. The average Bonchev–Trinajstić information content (AvgIpc) is 3.18. The van der Waals surface area contributed by atoms with E-state index in [9.17, 15) is 4.79 Å². The topological polar surface area (TPSA) is 105 Å². The Balaban J connectivity index is 0.00000420. The molecule has 0 bridgehead atoms. The third-order valence-electron chi connectivity index (χ3n) is 4.02. The van der Waals surface area contributed by atoms with Crippen molar-refractivity contribution >= 4 is 35.8 Å². The third kappa shape index (κ3) is 8.26. The molecule has 0 saturated heterocycles. The zero-order valence-electron chi connectivity index (χ0n) is 17.1. The lowest BCUT2D eigenvalue weighted by atomic mass is 10.2. The van der Waals surface area contributed by atoms with Crippen molar-refractivity contribution in [2.75, 3.05) is 33.3 Å². The van der Waals surface area contributed by atoms with E-state index < -0.39 is 0 Å². The number of hydrogen-bond acceptors (Lipinski definition) is 5. The van der Waals surface area contributed by atoms with E-state index in [-0.39, 0.29) is 29.9 Å². The van der Waals surface area contributed by atoms with Gasteiger partial charge in [-0.1, -0.05) is 6.92 Å². The van der Waals surface area contributed by atoms with Crippen LogP contribution >= 0.6 is 24.0 Å². The number of nitrogens with one attached hydrogen (secondary N) is 3. The Hall–Kier alpha value is -2.37. The van der Waals surface area contributed by atoms with Crippen LogP contribution in [0.4, 0.5) is 0 Å². The van der Waals surface area contributed by atoms with Gasteiger partial charge in [-0.05, 0) is 31.2 Å². The summed E-state index contributed by atoms with van der Waals surface area (Å²) in [4.78, 5) is 16.6. The molecule has 0 aliphatic heterocycles. The minimum Gasteiger partial charge on any atom is -0.497 e. The van der Waals surface area contributed by atoms with Gasteiger partial charge in [-0.3, -0.25) is 9.79 Å². The second-order valence-corrected chi connectivity index (χ2v) is 5.97. The molecule has 0 saturated carbocycles. The molecular weight excluding hydrogens is 485 g/mol. The predicted octanol–water partition coefficient (Wildman–Crippen LogP) is 1.45. The monoisotopic (exact) mass is 515 g/mol. The quantitative estimate of drug-likeness (QED) is 0.192. The molecule has 1 heterocycles. The van der Waals surface area contributed by atoms with Crippen molar-refractivity contribution in [3.05, 3.63) is 42.0 Å². The fourth-order valence-corrected chi connectivity index (χ4v) is 2.56. The van der Waals surface area contributed by atoms with E-state index in [1.54, 1.807) is 37.7 Å². The summed E-state index contributed by atoms with van der Waals surface area (Å²) >= 11 is 0. The zero-order valence-corrected chi connectivity index (χ0v) is 19.5. The first kappa shape index (κ1) is 24.7. The van der Waals surface area contributed by atoms with Crippen LogP contribution < -0.4 is 20.7 Å². The molecular formula is C19H30IN7O2. The molecule has 1 aromatic heterocycles. The van der Waals surface area contributed by atoms with Crippen LogP contribution in [-0.2, 0) is 13.0 Å². The van der Waals surface area contributed by atoms with E-state index in [1.165, 1.54) is 0 Å². The molecule has 9 nitrogen and oxygen atoms in total. The van der Waals surface area contributed by atoms with Gasteiger partial charge in [0.05, 0.1) is 13.7 Å². The van der Waals surface area contributed by atoms with Gasteiger partial charge in [0.1, 0.15) is 17.9 Å². The molecule has 2 aromatic rings. The summed E-state index contributed by atoms with van der Waals surface area (Å²) in [6.07, 6.45) is 2.58. The Bertz CT molecular complexity index is 762. The highest BCUT2D eigenvalue weighted by molar-refractivity contribution is 14.0. The number of aromatic nitrogens is 3. The summed E-state index contributed by atoms with van der Waals surface area (Å²) in [6.45, 7) is 7.22. The molecule has 1 aromatic carbocycles. The van der Waals surface area contributed by atoms with Crippen molar-refractivity contribution in [1.29, 1.82) is 0 Å². The second-order valence-electron chi connectivity index (χ2n) is 5.97. The van der Waals surface area contributed by atoms with E-state index in [1.807, 2.05) is 11.5 Å². The number of aryl methyl sites for hydroxylation is 1. The van der Waals surface area contributed by atoms with Crippen molar-refractivity contribution < 1.29 is 9.53 Å². The van der Waals surface area contributed by atoms with Crippen molar-refractivity contribution in [3.8, 4) is 5.75 Å². The minimum atomic E-state index is -0.129. The van der Waals surface area contributed by atoms with E-state index in [0.29, 0.717) is 31.2 Å². The number of aliphatic imine (C=N–C) groups is 1. The molecule has 3 N–H and O–H groups in total. The van der Waals surface area contributed by atoms with Gasteiger partial charge in [-0.25, -0.2) is 0 Å². The molecule has 10 heteroatoms. The average molecular weight is 515 g/mol. The Labute approximate surface area is 188 Å². The summed E-state index contributed by atoms with van der Waals surface area (Å²) in [7, 11) is 1.60. The summed E-state index contributed by atoms with van der Waals surface area (Å²) in [5, 5.41) is 17.3. The van der Waals surface area contributed by atoms with Crippen LogP contribution in [0, 0.1) is 0 Å². The highest BCUT2D eigenvalue weighted by atomic mass is 127. The smallest absolute Gasteiger partial charge is 0.251 e. The van der Waals surface area contributed by atoms with Crippen molar-refractivity contribution in [2.45, 2.75) is 26.8 Å². The molecule has 29 heavy (non-hydrogen) atoms. The van der Waals surface area contributed by atoms with Crippen molar-refractivity contribution in [2.24, 2.45) is 4.99 Å². The van der Waals surface area contributed by atoms with Crippen LogP contribution in [-0.4, -0.2) is 59.9 Å². The highest BCUT2D eigenvalue weighted by Gasteiger charge is 2.05. The van der Waals surface area contributed by atoms with Gasteiger partial charge in [-0.15, -0.1) is 34.2 Å². The number of guanidine groups is 1. The van der Waals surface area contributed by atoms with Crippen LogP contribution in [0.5, 0.6) is 5.75 Å². The summed E-state index contributed by atoms with van der Waals surface area (Å²) in [5.41, 5.74) is 0.593. The van der Waals surface area contributed by atoms with E-state index in [4.69, 9.17) is 4.74 Å². The van der Waals surface area contributed by atoms with Gasteiger partial charge < -0.3 is 25.3 Å². The molecule has 1 amide bonds. The lowest BCUT2D eigenvalue weighted by Crippen LogP contribution is -2.39. The molecule has 0 fully saturated rings. The second kappa shape index (κ2) is 13.7. The van der Waals surface area contributed by atoms with Gasteiger partial charge in [0.25, 0.3) is 5.91 Å². The minimum absolute atomic E-state index is 0. The highest BCUT2D eigenvalue weighted by Crippen LogP contribution is 2.10. The number of nitrogens with zero attached hydrogens (tertiary/aromatic N) is 4. The Kier molecular flexibility index (Phi) is 11.7. The van der Waals surface area contributed by atoms with Crippen LogP contribution in [0.3, 0.4) is 0 Å². The molecule has 2 rings (SSSR count). The number of carbonyl (C=O) groups is 1. The SMILES string of the molecule is CCNC(=NCCNC(=O)c1ccc(OC)cc1)NCCn1cnnc1CC.I. The number of amides is 1. The van der Waals surface area contributed by atoms with Gasteiger partial charge in [0.2, 0.25) is 0 Å². The fourth-order valence-electron chi connectivity index (χ4n) is 2.56. The number of rotatable bonds is 10. The molecule has 0 aliphatic carbocycles. The maximum Gasteiger partial charge on any atom is 0.251 e. The fraction of sp³-hybridized carbons (Fsp3) is 0.474. The number of halogens is 1. The van der Waals surface area contributed by atoms with E-state index in [0.717, 1.165) is 31.1 Å². The standard InChI is InChI=1S/C19H29N7O2.HI/c1-4-17-25-24-14-26(17)13-12-23-19(20-5-2)22-11-10-21-18(27)15-6-8-16(28-3)9-7-15;/h6-9,14H,4-5,10-13H2,1-3H3,(H,21,27)(H2,20,22,23);1H. The van der Waals surface area contributed by atoms with Crippen molar-refractivity contribution in [3.63, 3.8) is 0 Å². The molecule has 0 atom stereocenters. The summed E-state index contributed by atoms with van der Waals surface area (Å²) in [6, 6.07) is 7.00. The first-order valence-electron chi connectivity index (χ1n) is 9.49. The normalized spacial score (nSPS) is 10.8. The third-order valence-corrected chi connectivity index (χ3v) is 4.02. The summed E-state index contributed by atoms with van der Waals surface area (Å²) < 4.78 is 7.11. The number of benzene rings is 1. The maximum atomic E-state index is 12.1. The molecule has 0 spiro atoms. The van der Waals surface area contributed by atoms with Gasteiger partial charge in [0.15, 0.2) is 5.96 Å². The Morgan fingerprint density at radius 2 is 1.90 bits per heavy atom. The van der Waals surface area contributed by atoms with Gasteiger partial charge in [-0.2, -0.15) is 0 Å². The van der Waals surface area contributed by atoms with Crippen LogP contribution in [0.2, 0.25) is 0 Å². The van der Waals surface area contributed by atoms with Crippen molar-refractivity contribution in [1.82, 2.24) is 30.7 Å². The first-order valence-corrected chi connectivity index (χ1v) is 9.49. The van der Waals surface area contributed by atoms with Gasteiger partial charge in [0, 0.05) is 38.2 Å². The number of hydrogen-bond donors (Lipinski definition) is 3. The van der Waals surface area contributed by atoms with Crippen LogP contribution in [0.25, 0.3) is 0 Å². The zero-order chi connectivity index (χ0) is 20.2. The number of methoxy groups -OCH3 is 1. The summed E-state index contributed by atoms with van der Waals surface area (Å²) in [5.74, 6) is 2.27. The lowest BCUT2D eigenvalue weighted by Gasteiger charge is -2.12. The molecule has 0 unspecified atom stereocenters. The number of ether oxygens (including phenoxy) is 1. The predicted molar refractivity (Wildman–Crippen MR) is 124 cm³/mol. The largest absolute Gasteiger partial charge is 0.497 e.